The zero-order chi connectivity index (χ0) is 23.0. The van der Waals surface area contributed by atoms with Crippen LogP contribution in [0.3, 0.4) is 0 Å². The fraction of sp³-hybridized carbons (Fsp3) is 0.577. The minimum Gasteiger partial charge on any atom is -0.393 e. The van der Waals surface area contributed by atoms with Crippen LogP contribution in [0.2, 0.25) is 0 Å². The van der Waals surface area contributed by atoms with Crippen LogP contribution in [0.25, 0.3) is 17.3 Å². The average molecular weight is 451 g/mol. The fourth-order valence-corrected chi connectivity index (χ4v) is 4.49. The lowest BCUT2D eigenvalue weighted by Gasteiger charge is -2.27. The number of hydrogen-bond donors (Lipinski definition) is 3. The van der Waals surface area contributed by atoms with Gasteiger partial charge in [-0.2, -0.15) is 4.98 Å². The molecule has 7 heteroatoms. The summed E-state index contributed by atoms with van der Waals surface area (Å²) >= 11 is 0. The van der Waals surface area contributed by atoms with Gasteiger partial charge in [-0.05, 0) is 63.6 Å². The standard InChI is InChI=1S/C26H38N6O/c1-3-4-13-27-26-29-18-23(25(31-26)30-21-6-8-22(33)9-7-21)24-10-5-20(17-28-24)16-19-11-14-32(2)15-12-19/h5,10,16-18,21-22,33H,3-4,6-9,11-15H2,1-2H3,(H2,27,29,30,31)/t21-,22-. The third-order valence-corrected chi connectivity index (χ3v) is 6.70. The van der Waals surface area contributed by atoms with Gasteiger partial charge in [-0.1, -0.05) is 31.1 Å². The Balaban J connectivity index is 1.52. The summed E-state index contributed by atoms with van der Waals surface area (Å²) in [7, 11) is 2.18. The van der Waals surface area contributed by atoms with Crippen LogP contribution in [-0.2, 0) is 0 Å². The van der Waals surface area contributed by atoms with Crippen LogP contribution in [0.4, 0.5) is 11.8 Å². The molecule has 33 heavy (non-hydrogen) atoms. The summed E-state index contributed by atoms with van der Waals surface area (Å²) in [6.45, 7) is 5.29. The highest BCUT2D eigenvalue weighted by Gasteiger charge is 2.21. The van der Waals surface area contributed by atoms with Gasteiger partial charge >= 0.3 is 0 Å². The molecule has 0 spiro atoms. The predicted octanol–water partition coefficient (Wildman–Crippen LogP) is 4.58. The van der Waals surface area contributed by atoms with Gasteiger partial charge in [0.2, 0.25) is 5.95 Å². The molecule has 1 aliphatic heterocycles. The number of aliphatic hydroxyl groups excluding tert-OH is 1. The number of rotatable bonds is 8. The second kappa shape index (κ2) is 11.6. The van der Waals surface area contributed by atoms with E-state index in [4.69, 9.17) is 9.97 Å². The molecule has 2 aromatic rings. The maximum atomic E-state index is 9.87. The summed E-state index contributed by atoms with van der Waals surface area (Å²) < 4.78 is 0. The molecule has 3 N–H and O–H groups in total. The lowest BCUT2D eigenvalue weighted by molar-refractivity contribution is 0.126. The molecule has 0 radical (unpaired) electrons. The number of nitrogens with zero attached hydrogens (tertiary/aromatic N) is 4. The minimum absolute atomic E-state index is 0.174. The minimum atomic E-state index is -0.174. The van der Waals surface area contributed by atoms with Crippen molar-refractivity contribution in [1.82, 2.24) is 19.9 Å². The maximum absolute atomic E-state index is 9.87. The number of nitrogens with one attached hydrogen (secondary N) is 2. The Kier molecular flexibility index (Phi) is 8.29. The Morgan fingerprint density at radius 3 is 2.58 bits per heavy atom. The van der Waals surface area contributed by atoms with E-state index in [2.05, 4.69) is 52.7 Å². The highest BCUT2D eigenvalue weighted by molar-refractivity contribution is 5.73. The predicted molar refractivity (Wildman–Crippen MR) is 135 cm³/mol. The third-order valence-electron chi connectivity index (χ3n) is 6.70. The van der Waals surface area contributed by atoms with E-state index in [1.165, 1.54) is 5.57 Å². The third kappa shape index (κ3) is 6.74. The van der Waals surface area contributed by atoms with E-state index in [-0.39, 0.29) is 6.10 Å². The first kappa shape index (κ1) is 23.6. The van der Waals surface area contributed by atoms with Crippen LogP contribution in [0, 0.1) is 0 Å². The van der Waals surface area contributed by atoms with Crippen molar-refractivity contribution in [1.29, 1.82) is 0 Å². The van der Waals surface area contributed by atoms with Crippen LogP contribution in [0.1, 0.15) is 63.9 Å². The second-order valence-electron chi connectivity index (χ2n) is 9.47. The first-order chi connectivity index (χ1) is 16.1. The van der Waals surface area contributed by atoms with E-state index in [1.807, 2.05) is 12.4 Å². The molecule has 0 amide bonds. The van der Waals surface area contributed by atoms with Gasteiger partial charge in [0.1, 0.15) is 5.82 Å². The van der Waals surface area contributed by atoms with Gasteiger partial charge in [0, 0.05) is 38.1 Å². The molecule has 2 fully saturated rings. The van der Waals surface area contributed by atoms with Gasteiger partial charge in [0.25, 0.3) is 0 Å². The van der Waals surface area contributed by atoms with Crippen molar-refractivity contribution < 1.29 is 5.11 Å². The Morgan fingerprint density at radius 2 is 1.88 bits per heavy atom. The zero-order valence-electron chi connectivity index (χ0n) is 20.1. The van der Waals surface area contributed by atoms with Crippen LogP contribution in [0.15, 0.2) is 30.1 Å². The van der Waals surface area contributed by atoms with Crippen LogP contribution in [0.5, 0.6) is 0 Å². The Hall–Kier alpha value is -2.51. The van der Waals surface area contributed by atoms with Gasteiger partial charge in [0.05, 0.1) is 17.4 Å². The van der Waals surface area contributed by atoms with E-state index in [0.29, 0.717) is 12.0 Å². The normalized spacial score (nSPS) is 21.6. The highest BCUT2D eigenvalue weighted by Crippen LogP contribution is 2.29. The lowest BCUT2D eigenvalue weighted by Crippen LogP contribution is -2.29. The number of aliphatic hydroxyl groups is 1. The number of anilines is 2. The molecule has 0 atom stereocenters. The molecular formula is C26H38N6O. The van der Waals surface area contributed by atoms with Crippen molar-refractivity contribution in [3.63, 3.8) is 0 Å². The number of pyridine rings is 1. The van der Waals surface area contributed by atoms with Crippen molar-refractivity contribution in [2.45, 2.75) is 70.4 Å². The quantitative estimate of drug-likeness (QED) is 0.508. The Bertz CT molecular complexity index is 911. The zero-order valence-corrected chi connectivity index (χ0v) is 20.1. The average Bonchev–Trinajstić information content (AvgIpc) is 2.83. The van der Waals surface area contributed by atoms with Crippen molar-refractivity contribution in [3.05, 3.63) is 35.7 Å². The number of unbranched alkanes of at least 4 members (excludes halogenated alkanes) is 1. The SMILES string of the molecule is CCCCNc1ncc(-c2ccc(C=C3CCN(C)CC3)cn2)c(N[C@H]2CC[C@H](O)CC2)n1. The topological polar surface area (TPSA) is 86.2 Å². The Labute approximate surface area is 197 Å². The summed E-state index contributed by atoms with van der Waals surface area (Å²) in [5.74, 6) is 1.47. The summed E-state index contributed by atoms with van der Waals surface area (Å²) in [5.41, 5.74) is 4.43. The van der Waals surface area contributed by atoms with Gasteiger partial charge in [-0.15, -0.1) is 0 Å². The molecule has 2 aromatic heterocycles. The van der Waals surface area contributed by atoms with E-state index < -0.39 is 0 Å². The van der Waals surface area contributed by atoms with Gasteiger partial charge in [0.15, 0.2) is 0 Å². The number of hydrogen-bond acceptors (Lipinski definition) is 7. The molecule has 1 saturated heterocycles. The second-order valence-corrected chi connectivity index (χ2v) is 9.47. The van der Waals surface area contributed by atoms with Crippen LogP contribution in [-0.4, -0.2) is 63.8 Å². The summed E-state index contributed by atoms with van der Waals surface area (Å²) in [6, 6.07) is 4.51. The maximum Gasteiger partial charge on any atom is 0.224 e. The van der Waals surface area contributed by atoms with Gasteiger partial charge < -0.3 is 20.6 Å². The summed E-state index contributed by atoms with van der Waals surface area (Å²) in [4.78, 5) is 16.5. The van der Waals surface area contributed by atoms with Crippen molar-refractivity contribution in [2.24, 2.45) is 0 Å². The van der Waals surface area contributed by atoms with E-state index in [9.17, 15) is 5.11 Å². The van der Waals surface area contributed by atoms with Gasteiger partial charge in [-0.3, -0.25) is 4.98 Å². The molecule has 4 rings (SSSR count). The molecule has 1 aliphatic carbocycles. The van der Waals surface area contributed by atoms with E-state index in [0.717, 1.165) is 93.6 Å². The smallest absolute Gasteiger partial charge is 0.224 e. The first-order valence-electron chi connectivity index (χ1n) is 12.5. The van der Waals surface area contributed by atoms with E-state index in [1.54, 1.807) is 0 Å². The van der Waals surface area contributed by atoms with Gasteiger partial charge in [-0.25, -0.2) is 4.98 Å². The molecule has 7 nitrogen and oxygen atoms in total. The number of piperidine rings is 1. The molecule has 0 unspecified atom stereocenters. The molecule has 0 bridgehead atoms. The van der Waals surface area contributed by atoms with Crippen molar-refractivity contribution in [3.8, 4) is 11.3 Å². The molecule has 1 saturated carbocycles. The first-order valence-corrected chi connectivity index (χ1v) is 12.5. The molecule has 3 heterocycles. The molecule has 178 valence electrons. The number of likely N-dealkylation sites (tertiary alicyclic amines) is 1. The van der Waals surface area contributed by atoms with Crippen molar-refractivity contribution >= 4 is 17.8 Å². The van der Waals surface area contributed by atoms with Crippen LogP contribution < -0.4 is 10.6 Å². The molecular weight excluding hydrogens is 412 g/mol. The number of aromatic nitrogens is 3. The van der Waals surface area contributed by atoms with Crippen LogP contribution >= 0.6 is 0 Å². The summed E-state index contributed by atoms with van der Waals surface area (Å²) in [5, 5.41) is 16.8. The fourth-order valence-electron chi connectivity index (χ4n) is 4.49. The molecule has 0 aromatic carbocycles. The largest absolute Gasteiger partial charge is 0.393 e. The lowest BCUT2D eigenvalue weighted by atomic mass is 9.93. The van der Waals surface area contributed by atoms with E-state index >= 15 is 0 Å². The highest BCUT2D eigenvalue weighted by atomic mass is 16.3. The molecule has 2 aliphatic rings. The summed E-state index contributed by atoms with van der Waals surface area (Å²) in [6.07, 6.45) is 14.0. The van der Waals surface area contributed by atoms with Crippen molar-refractivity contribution in [2.75, 3.05) is 37.3 Å². The Morgan fingerprint density at radius 1 is 1.09 bits per heavy atom. The monoisotopic (exact) mass is 450 g/mol.